The zero-order valence-corrected chi connectivity index (χ0v) is 15.1. The summed E-state index contributed by atoms with van der Waals surface area (Å²) in [6.45, 7) is 9.89. The van der Waals surface area contributed by atoms with E-state index in [-0.39, 0.29) is 5.41 Å². The van der Waals surface area contributed by atoms with Crippen molar-refractivity contribution in [1.82, 2.24) is 0 Å². The van der Waals surface area contributed by atoms with E-state index in [0.717, 1.165) is 24.2 Å². The summed E-state index contributed by atoms with van der Waals surface area (Å²) in [5, 5.41) is 0. The number of hydrogen-bond donors (Lipinski definition) is 0. The fourth-order valence-electron chi connectivity index (χ4n) is 7.41. The van der Waals surface area contributed by atoms with Crippen LogP contribution >= 0.6 is 0 Å². The van der Waals surface area contributed by atoms with Gasteiger partial charge in [0.2, 0.25) is 0 Å². The quantitative estimate of drug-likeness (QED) is 0.567. The van der Waals surface area contributed by atoms with Crippen molar-refractivity contribution in [1.29, 1.82) is 0 Å². The second-order valence-electron chi connectivity index (χ2n) is 10.4. The number of Topliss-reactive ketones (excluding diaryl/α,β-unsaturated/α-hetero) is 1. The molecule has 124 valence electrons. The number of fused-ring (bicyclic) bond motifs is 5. The van der Waals surface area contributed by atoms with Crippen LogP contribution in [0.25, 0.3) is 0 Å². The van der Waals surface area contributed by atoms with Gasteiger partial charge in [-0.25, -0.2) is 0 Å². The van der Waals surface area contributed by atoms with E-state index in [0.29, 0.717) is 22.5 Å². The van der Waals surface area contributed by atoms with Crippen LogP contribution in [0, 0.1) is 39.9 Å². The fraction of sp³-hybridized carbons (Fsp3) is 0.952. The van der Waals surface area contributed by atoms with E-state index in [1.807, 2.05) is 0 Å². The van der Waals surface area contributed by atoms with Gasteiger partial charge in [-0.1, -0.05) is 27.7 Å². The number of ketones is 1. The Kier molecular flexibility index (Phi) is 3.18. The Morgan fingerprint density at radius 2 is 1.64 bits per heavy atom. The molecule has 1 heteroatoms. The molecule has 6 atom stereocenters. The zero-order valence-electron chi connectivity index (χ0n) is 15.1. The first-order valence-electron chi connectivity index (χ1n) is 9.80. The molecule has 0 aromatic rings. The lowest BCUT2D eigenvalue weighted by Gasteiger charge is -2.61. The van der Waals surface area contributed by atoms with Gasteiger partial charge >= 0.3 is 0 Å². The highest BCUT2D eigenvalue weighted by Crippen LogP contribution is 2.66. The standard InChI is InChI=1S/C21H34O/c1-19(2)11-12-20(3)14(13-19)5-6-15-16-7-8-18(22)21(16,4)10-9-17(15)20/h14-17H,5-13H2,1-4H3/t14?,15-,16-,17+,20-,21-/m0/s1. The highest BCUT2D eigenvalue weighted by atomic mass is 16.1. The van der Waals surface area contributed by atoms with Crippen molar-refractivity contribution in [2.75, 3.05) is 0 Å². The van der Waals surface area contributed by atoms with E-state index in [9.17, 15) is 4.79 Å². The number of hydrogen-bond acceptors (Lipinski definition) is 1. The lowest BCUT2D eigenvalue weighted by atomic mass is 9.43. The summed E-state index contributed by atoms with van der Waals surface area (Å²) in [5.74, 6) is 4.01. The zero-order chi connectivity index (χ0) is 15.8. The molecule has 0 N–H and O–H groups in total. The molecular weight excluding hydrogens is 268 g/mol. The monoisotopic (exact) mass is 302 g/mol. The molecule has 4 aliphatic carbocycles. The van der Waals surface area contributed by atoms with E-state index >= 15 is 0 Å². The smallest absolute Gasteiger partial charge is 0.139 e. The summed E-state index contributed by atoms with van der Waals surface area (Å²) >= 11 is 0. The minimum Gasteiger partial charge on any atom is -0.299 e. The summed E-state index contributed by atoms with van der Waals surface area (Å²) in [4.78, 5) is 12.5. The van der Waals surface area contributed by atoms with Gasteiger partial charge in [0, 0.05) is 11.8 Å². The minimum absolute atomic E-state index is 0.0539. The highest BCUT2D eigenvalue weighted by molar-refractivity contribution is 5.87. The van der Waals surface area contributed by atoms with E-state index in [1.54, 1.807) is 0 Å². The molecule has 0 heterocycles. The Hall–Kier alpha value is -0.330. The van der Waals surface area contributed by atoms with Gasteiger partial charge in [-0.3, -0.25) is 4.79 Å². The summed E-state index contributed by atoms with van der Waals surface area (Å²) in [6.07, 6.45) is 11.7. The van der Waals surface area contributed by atoms with Gasteiger partial charge in [-0.15, -0.1) is 0 Å². The van der Waals surface area contributed by atoms with E-state index in [1.165, 1.54) is 51.4 Å². The maximum atomic E-state index is 12.5. The van der Waals surface area contributed by atoms with Gasteiger partial charge in [0.25, 0.3) is 0 Å². The minimum atomic E-state index is 0.0539. The molecular formula is C21H34O. The molecule has 0 bridgehead atoms. The van der Waals surface area contributed by atoms with Crippen LogP contribution in [-0.4, -0.2) is 5.78 Å². The van der Waals surface area contributed by atoms with Crippen molar-refractivity contribution in [3.63, 3.8) is 0 Å². The van der Waals surface area contributed by atoms with E-state index < -0.39 is 0 Å². The summed E-state index contributed by atoms with van der Waals surface area (Å²) in [5.41, 5.74) is 1.19. The molecule has 0 amide bonds. The molecule has 0 spiro atoms. The Labute approximate surface area is 136 Å². The summed E-state index contributed by atoms with van der Waals surface area (Å²) in [6, 6.07) is 0. The molecule has 4 saturated carbocycles. The molecule has 0 aromatic carbocycles. The van der Waals surface area contributed by atoms with Gasteiger partial charge in [0.1, 0.15) is 5.78 Å². The van der Waals surface area contributed by atoms with Crippen LogP contribution in [0.2, 0.25) is 0 Å². The van der Waals surface area contributed by atoms with Crippen molar-refractivity contribution >= 4 is 5.78 Å². The second-order valence-corrected chi connectivity index (χ2v) is 10.4. The van der Waals surface area contributed by atoms with Crippen molar-refractivity contribution < 1.29 is 4.79 Å². The van der Waals surface area contributed by atoms with Gasteiger partial charge in [0.15, 0.2) is 0 Å². The summed E-state index contributed by atoms with van der Waals surface area (Å²) in [7, 11) is 0. The highest BCUT2D eigenvalue weighted by Gasteiger charge is 2.60. The van der Waals surface area contributed by atoms with Crippen LogP contribution in [0.15, 0.2) is 0 Å². The number of rotatable bonds is 0. The molecule has 1 nitrogen and oxygen atoms in total. The largest absolute Gasteiger partial charge is 0.299 e. The average Bonchev–Trinajstić information content (AvgIpc) is 2.76. The van der Waals surface area contributed by atoms with Gasteiger partial charge in [-0.2, -0.15) is 0 Å². The fourth-order valence-corrected chi connectivity index (χ4v) is 7.41. The normalized spacial score (nSPS) is 53.5. The predicted octanol–water partition coefficient (Wildman–Crippen LogP) is 5.62. The third-order valence-corrected chi connectivity index (χ3v) is 8.91. The maximum Gasteiger partial charge on any atom is 0.139 e. The SMILES string of the molecule is CC1(C)CC[C@@]2(C)C(CC[C@@H]3[C@H]2CC[C@]2(C)C(=O)CC[C@@H]32)C1. The average molecular weight is 303 g/mol. The predicted molar refractivity (Wildman–Crippen MR) is 90.5 cm³/mol. The van der Waals surface area contributed by atoms with Crippen molar-refractivity contribution in [3.05, 3.63) is 0 Å². The Bertz CT molecular complexity index is 492. The molecule has 4 fully saturated rings. The van der Waals surface area contributed by atoms with Crippen molar-refractivity contribution in [3.8, 4) is 0 Å². The summed E-state index contributed by atoms with van der Waals surface area (Å²) < 4.78 is 0. The van der Waals surface area contributed by atoms with Crippen LogP contribution in [0.5, 0.6) is 0 Å². The van der Waals surface area contributed by atoms with Crippen molar-refractivity contribution in [2.24, 2.45) is 39.9 Å². The topological polar surface area (TPSA) is 17.1 Å². The van der Waals surface area contributed by atoms with Crippen LogP contribution in [0.3, 0.4) is 0 Å². The third kappa shape index (κ3) is 1.93. The Balaban J connectivity index is 1.63. The van der Waals surface area contributed by atoms with Crippen LogP contribution in [-0.2, 0) is 4.79 Å². The first kappa shape index (κ1) is 15.2. The van der Waals surface area contributed by atoms with Crippen molar-refractivity contribution in [2.45, 2.75) is 85.5 Å². The molecule has 1 unspecified atom stereocenters. The Morgan fingerprint density at radius 1 is 0.864 bits per heavy atom. The second kappa shape index (κ2) is 4.61. The molecule has 0 saturated heterocycles. The molecule has 22 heavy (non-hydrogen) atoms. The first-order valence-corrected chi connectivity index (χ1v) is 9.80. The molecule has 4 rings (SSSR count). The van der Waals surface area contributed by atoms with Crippen LogP contribution in [0.4, 0.5) is 0 Å². The maximum absolute atomic E-state index is 12.5. The lowest BCUT2D eigenvalue weighted by Crippen LogP contribution is -2.54. The molecule has 0 aliphatic heterocycles. The number of carbonyl (C=O) groups excluding carboxylic acids is 1. The molecule has 4 aliphatic rings. The van der Waals surface area contributed by atoms with Crippen LogP contribution in [0.1, 0.15) is 85.5 Å². The lowest BCUT2D eigenvalue weighted by molar-refractivity contribution is -0.142. The van der Waals surface area contributed by atoms with Gasteiger partial charge < -0.3 is 0 Å². The molecule has 0 aromatic heterocycles. The number of carbonyl (C=O) groups is 1. The first-order chi connectivity index (χ1) is 10.3. The third-order valence-electron chi connectivity index (χ3n) is 8.91. The van der Waals surface area contributed by atoms with Gasteiger partial charge in [-0.05, 0) is 85.9 Å². The van der Waals surface area contributed by atoms with E-state index in [2.05, 4.69) is 27.7 Å². The Morgan fingerprint density at radius 3 is 2.41 bits per heavy atom. The van der Waals surface area contributed by atoms with Crippen LogP contribution < -0.4 is 0 Å². The van der Waals surface area contributed by atoms with Gasteiger partial charge in [0.05, 0.1) is 0 Å². The van der Waals surface area contributed by atoms with E-state index in [4.69, 9.17) is 0 Å². The molecule has 0 radical (unpaired) electrons.